The van der Waals surface area contributed by atoms with Crippen molar-refractivity contribution in [2.75, 3.05) is 0 Å². The van der Waals surface area contributed by atoms with E-state index in [1.54, 1.807) is 25.2 Å². The number of fused-ring (bicyclic) bond motifs is 1. The van der Waals surface area contributed by atoms with Crippen molar-refractivity contribution in [3.63, 3.8) is 0 Å². The number of amides is 1. The van der Waals surface area contributed by atoms with Crippen LogP contribution < -0.4 is 11.1 Å². The van der Waals surface area contributed by atoms with E-state index in [0.29, 0.717) is 11.1 Å². The first kappa shape index (κ1) is 13.4. The molecule has 0 bridgehead atoms. The summed E-state index contributed by atoms with van der Waals surface area (Å²) >= 11 is 0. The molecule has 6 nitrogen and oxygen atoms in total. The molecule has 1 aromatic carbocycles. The lowest BCUT2D eigenvalue weighted by molar-refractivity contribution is -0.136. The largest absolute Gasteiger partial charge is 0.419 e. The first-order chi connectivity index (χ1) is 8.79. The van der Waals surface area contributed by atoms with Crippen LogP contribution in [0.15, 0.2) is 27.4 Å². The maximum Gasteiger partial charge on any atom is 0.419 e. The Hall–Kier alpha value is -2.08. The summed E-state index contributed by atoms with van der Waals surface area (Å²) in [5, 5.41) is 12.1. The van der Waals surface area contributed by atoms with E-state index in [1.165, 1.54) is 18.4 Å². The lowest BCUT2D eigenvalue weighted by atomic mass is 10.1. The van der Waals surface area contributed by atoms with E-state index in [1.807, 2.05) is 0 Å². The molecule has 0 aliphatic carbocycles. The number of carbonyl (C=O) groups is 1. The van der Waals surface area contributed by atoms with Gasteiger partial charge in [-0.1, -0.05) is 6.07 Å². The van der Waals surface area contributed by atoms with Gasteiger partial charge in [-0.05, 0) is 31.5 Å². The molecule has 0 spiro atoms. The fourth-order valence-electron chi connectivity index (χ4n) is 1.68. The zero-order valence-corrected chi connectivity index (χ0v) is 11.1. The van der Waals surface area contributed by atoms with Crippen molar-refractivity contribution in [1.82, 2.24) is 9.88 Å². The maximum atomic E-state index is 11.5. The van der Waals surface area contributed by atoms with Gasteiger partial charge >= 0.3 is 5.76 Å². The Balaban J connectivity index is 2.20. The van der Waals surface area contributed by atoms with Crippen molar-refractivity contribution in [2.45, 2.75) is 26.0 Å². The van der Waals surface area contributed by atoms with Gasteiger partial charge in [0.25, 0.3) is 5.91 Å². The number of carbonyl (C=O) groups excluding carboxylic acids is 1. The number of benzene rings is 1. The summed E-state index contributed by atoms with van der Waals surface area (Å²) in [6, 6.07) is 5.21. The van der Waals surface area contributed by atoms with Crippen LogP contribution in [0.4, 0.5) is 0 Å². The highest BCUT2D eigenvalue weighted by Gasteiger charge is 2.23. The minimum atomic E-state index is -1.41. The van der Waals surface area contributed by atoms with E-state index in [9.17, 15) is 14.7 Å². The number of hydrogen-bond acceptors (Lipinski definition) is 4. The second-order valence-electron chi connectivity index (χ2n) is 4.97. The minimum absolute atomic E-state index is 0.276. The SMILES string of the molecule is Cn1c(=O)oc2ccc(CNC(=O)C(C)(C)O)cc21. The Morgan fingerprint density at radius 3 is 2.79 bits per heavy atom. The van der Waals surface area contributed by atoms with Crippen LogP contribution in [0.2, 0.25) is 0 Å². The summed E-state index contributed by atoms with van der Waals surface area (Å²) in [5.74, 6) is -0.874. The first-order valence-electron chi connectivity index (χ1n) is 5.88. The van der Waals surface area contributed by atoms with Crippen LogP contribution in [0.3, 0.4) is 0 Å². The third-order valence-electron chi connectivity index (χ3n) is 2.86. The van der Waals surface area contributed by atoms with Crippen molar-refractivity contribution in [3.8, 4) is 0 Å². The van der Waals surface area contributed by atoms with Crippen molar-refractivity contribution >= 4 is 17.0 Å². The van der Waals surface area contributed by atoms with Crippen LogP contribution in [-0.2, 0) is 18.4 Å². The lowest BCUT2D eigenvalue weighted by Crippen LogP contribution is -2.41. The molecule has 0 saturated carbocycles. The molecule has 6 heteroatoms. The number of nitrogens with zero attached hydrogens (tertiary/aromatic N) is 1. The number of aliphatic hydroxyl groups is 1. The van der Waals surface area contributed by atoms with Crippen LogP contribution in [-0.4, -0.2) is 21.2 Å². The topological polar surface area (TPSA) is 84.5 Å². The molecule has 19 heavy (non-hydrogen) atoms. The first-order valence-corrected chi connectivity index (χ1v) is 5.88. The molecule has 1 aromatic heterocycles. The Labute approximate surface area is 109 Å². The summed E-state index contributed by atoms with van der Waals surface area (Å²) in [7, 11) is 1.62. The second kappa shape index (κ2) is 4.55. The van der Waals surface area contributed by atoms with Crippen LogP contribution in [0.1, 0.15) is 19.4 Å². The molecule has 2 aromatic rings. The zero-order chi connectivity index (χ0) is 14.2. The van der Waals surface area contributed by atoms with Crippen LogP contribution in [0.5, 0.6) is 0 Å². The van der Waals surface area contributed by atoms with E-state index < -0.39 is 17.3 Å². The highest BCUT2D eigenvalue weighted by atomic mass is 16.4. The molecule has 1 amide bonds. The molecule has 0 atom stereocenters. The van der Waals surface area contributed by atoms with Gasteiger partial charge < -0.3 is 14.8 Å². The van der Waals surface area contributed by atoms with E-state index in [-0.39, 0.29) is 6.54 Å². The minimum Gasteiger partial charge on any atom is -0.408 e. The summed E-state index contributed by atoms with van der Waals surface area (Å²) in [6.45, 7) is 3.12. The summed E-state index contributed by atoms with van der Waals surface area (Å²) in [4.78, 5) is 22.9. The van der Waals surface area contributed by atoms with Crippen molar-refractivity contribution in [2.24, 2.45) is 7.05 Å². The Morgan fingerprint density at radius 2 is 2.16 bits per heavy atom. The van der Waals surface area contributed by atoms with Gasteiger partial charge in [0.1, 0.15) is 5.60 Å². The maximum absolute atomic E-state index is 11.5. The van der Waals surface area contributed by atoms with Gasteiger partial charge in [0.2, 0.25) is 0 Å². The van der Waals surface area contributed by atoms with Gasteiger partial charge in [-0.2, -0.15) is 0 Å². The van der Waals surface area contributed by atoms with Gasteiger partial charge in [0, 0.05) is 13.6 Å². The number of aryl methyl sites for hydroxylation is 1. The molecule has 0 radical (unpaired) electrons. The lowest BCUT2D eigenvalue weighted by Gasteiger charge is -2.16. The van der Waals surface area contributed by atoms with Crippen molar-refractivity contribution in [1.29, 1.82) is 0 Å². The molecule has 0 aliphatic heterocycles. The third kappa shape index (κ3) is 2.68. The smallest absolute Gasteiger partial charge is 0.408 e. The van der Waals surface area contributed by atoms with E-state index in [4.69, 9.17) is 4.42 Å². The average molecular weight is 264 g/mol. The number of hydrogen-bond donors (Lipinski definition) is 2. The molecule has 0 unspecified atom stereocenters. The molecular formula is C13H16N2O4. The van der Waals surface area contributed by atoms with Gasteiger partial charge in [-0.15, -0.1) is 0 Å². The van der Waals surface area contributed by atoms with E-state index in [0.717, 1.165) is 5.56 Å². The van der Waals surface area contributed by atoms with Crippen molar-refractivity contribution < 1.29 is 14.3 Å². The highest BCUT2D eigenvalue weighted by Crippen LogP contribution is 2.14. The average Bonchev–Trinajstić information content (AvgIpc) is 2.61. The van der Waals surface area contributed by atoms with Crippen molar-refractivity contribution in [3.05, 3.63) is 34.3 Å². The Morgan fingerprint density at radius 1 is 1.47 bits per heavy atom. The Bertz CT molecular complexity index is 676. The molecule has 0 fully saturated rings. The van der Waals surface area contributed by atoms with Crippen LogP contribution in [0.25, 0.3) is 11.1 Å². The van der Waals surface area contributed by atoms with E-state index in [2.05, 4.69) is 5.32 Å². The predicted molar refractivity (Wildman–Crippen MR) is 69.6 cm³/mol. The fourth-order valence-corrected chi connectivity index (χ4v) is 1.68. The summed E-state index contributed by atoms with van der Waals surface area (Å²) < 4.78 is 6.41. The van der Waals surface area contributed by atoms with Gasteiger partial charge in [0.15, 0.2) is 5.58 Å². The molecule has 0 aliphatic rings. The Kier molecular flexibility index (Phi) is 3.20. The van der Waals surface area contributed by atoms with E-state index >= 15 is 0 Å². The summed E-state index contributed by atoms with van der Waals surface area (Å²) in [5.41, 5.74) is 0.582. The predicted octanol–water partition coefficient (Wildman–Crippen LogP) is 0.519. The highest BCUT2D eigenvalue weighted by molar-refractivity contribution is 5.84. The van der Waals surface area contributed by atoms with Crippen LogP contribution >= 0.6 is 0 Å². The normalized spacial score (nSPS) is 11.8. The number of rotatable bonds is 3. The van der Waals surface area contributed by atoms with Gasteiger partial charge in [-0.3, -0.25) is 9.36 Å². The monoisotopic (exact) mass is 264 g/mol. The molecular weight excluding hydrogens is 248 g/mol. The summed E-state index contributed by atoms with van der Waals surface area (Å²) in [6.07, 6.45) is 0. The third-order valence-corrected chi connectivity index (χ3v) is 2.86. The zero-order valence-electron chi connectivity index (χ0n) is 11.1. The number of nitrogens with one attached hydrogen (secondary N) is 1. The molecule has 0 saturated heterocycles. The molecule has 2 N–H and O–H groups in total. The number of oxazole rings is 1. The van der Waals surface area contributed by atoms with Crippen LogP contribution in [0, 0.1) is 0 Å². The second-order valence-corrected chi connectivity index (χ2v) is 4.97. The fraction of sp³-hybridized carbons (Fsp3) is 0.385. The number of aromatic nitrogens is 1. The molecule has 102 valence electrons. The van der Waals surface area contributed by atoms with Gasteiger partial charge in [-0.25, -0.2) is 4.79 Å². The molecule has 2 rings (SSSR count). The van der Waals surface area contributed by atoms with Gasteiger partial charge in [0.05, 0.1) is 5.52 Å². The molecule has 1 heterocycles. The standard InChI is InChI=1S/C13H16N2O4/c1-13(2,18)11(16)14-7-8-4-5-10-9(6-8)15(3)12(17)19-10/h4-6,18H,7H2,1-3H3,(H,14,16). The quantitative estimate of drug-likeness (QED) is 0.846.